The number of rotatable bonds is 3. The van der Waals surface area contributed by atoms with Crippen LogP contribution in [0.1, 0.15) is 16.1 Å². The first-order valence-electron chi connectivity index (χ1n) is 5.94. The quantitative estimate of drug-likeness (QED) is 0.808. The summed E-state index contributed by atoms with van der Waals surface area (Å²) in [4.78, 5) is 17.7. The maximum atomic E-state index is 12.2. The first-order chi connectivity index (χ1) is 9.65. The SMILES string of the molecule is Cc1cnn(C)c1C(=O)Nc1nc(-c2cccs2)cs1. The van der Waals surface area contributed by atoms with Crippen LogP contribution in [0.25, 0.3) is 10.6 Å². The Kier molecular flexibility index (Phi) is 3.37. The summed E-state index contributed by atoms with van der Waals surface area (Å²) in [5.41, 5.74) is 2.29. The molecule has 3 aromatic rings. The summed E-state index contributed by atoms with van der Waals surface area (Å²) >= 11 is 3.05. The van der Waals surface area contributed by atoms with Gasteiger partial charge in [-0.15, -0.1) is 22.7 Å². The standard InChI is InChI=1S/C13H12N4OS2/c1-8-6-14-17(2)11(8)12(18)16-13-15-9(7-20-13)10-4-3-5-19-10/h3-7H,1-2H3,(H,15,16,18). The molecule has 0 aliphatic carbocycles. The lowest BCUT2D eigenvalue weighted by atomic mass is 10.2. The van der Waals surface area contributed by atoms with E-state index in [0.717, 1.165) is 16.1 Å². The Balaban J connectivity index is 1.80. The number of carbonyl (C=O) groups is 1. The van der Waals surface area contributed by atoms with Gasteiger partial charge < -0.3 is 0 Å². The highest BCUT2D eigenvalue weighted by Crippen LogP contribution is 2.28. The van der Waals surface area contributed by atoms with Gasteiger partial charge >= 0.3 is 0 Å². The van der Waals surface area contributed by atoms with Gasteiger partial charge in [0, 0.05) is 12.4 Å². The highest BCUT2D eigenvalue weighted by atomic mass is 32.1. The number of aryl methyl sites for hydroxylation is 2. The summed E-state index contributed by atoms with van der Waals surface area (Å²) in [5.74, 6) is -0.186. The summed E-state index contributed by atoms with van der Waals surface area (Å²) in [6.07, 6.45) is 1.67. The Hall–Kier alpha value is -1.99. The molecule has 0 saturated heterocycles. The van der Waals surface area contributed by atoms with E-state index in [1.807, 2.05) is 29.8 Å². The molecule has 1 amide bonds. The fraction of sp³-hybridized carbons (Fsp3) is 0.154. The van der Waals surface area contributed by atoms with Gasteiger partial charge in [0.1, 0.15) is 5.69 Å². The number of thiazole rings is 1. The molecule has 0 aromatic carbocycles. The van der Waals surface area contributed by atoms with Crippen LogP contribution in [-0.4, -0.2) is 20.7 Å². The molecule has 0 atom stereocenters. The molecule has 0 bridgehead atoms. The zero-order valence-corrected chi connectivity index (χ0v) is 12.6. The van der Waals surface area contributed by atoms with Crippen molar-refractivity contribution in [3.8, 4) is 10.6 Å². The number of hydrogen-bond acceptors (Lipinski definition) is 5. The lowest BCUT2D eigenvalue weighted by molar-refractivity contribution is 0.101. The number of nitrogens with one attached hydrogen (secondary N) is 1. The van der Waals surface area contributed by atoms with Gasteiger partial charge in [0.25, 0.3) is 5.91 Å². The van der Waals surface area contributed by atoms with Crippen LogP contribution in [0.15, 0.2) is 29.1 Å². The molecule has 0 unspecified atom stereocenters. The number of nitrogens with zero attached hydrogens (tertiary/aromatic N) is 3. The van der Waals surface area contributed by atoms with Crippen LogP contribution < -0.4 is 5.32 Å². The molecule has 0 aliphatic heterocycles. The van der Waals surface area contributed by atoms with Crippen molar-refractivity contribution in [1.29, 1.82) is 0 Å². The molecule has 1 N–H and O–H groups in total. The third kappa shape index (κ3) is 2.37. The molecular formula is C13H12N4OS2. The van der Waals surface area contributed by atoms with Crippen LogP contribution in [0.4, 0.5) is 5.13 Å². The Morgan fingerprint density at radius 2 is 2.25 bits per heavy atom. The largest absolute Gasteiger partial charge is 0.296 e. The zero-order chi connectivity index (χ0) is 14.1. The summed E-state index contributed by atoms with van der Waals surface area (Å²) in [7, 11) is 1.75. The normalized spacial score (nSPS) is 10.7. The van der Waals surface area contributed by atoms with Gasteiger partial charge in [0.2, 0.25) is 0 Å². The number of hydrogen-bond donors (Lipinski definition) is 1. The minimum absolute atomic E-state index is 0.186. The van der Waals surface area contributed by atoms with Crippen LogP contribution >= 0.6 is 22.7 Å². The van der Waals surface area contributed by atoms with Crippen LogP contribution in [0.5, 0.6) is 0 Å². The highest BCUT2D eigenvalue weighted by Gasteiger charge is 2.16. The topological polar surface area (TPSA) is 59.8 Å². The average molecular weight is 304 g/mol. The van der Waals surface area contributed by atoms with Gasteiger partial charge in [0.15, 0.2) is 5.13 Å². The van der Waals surface area contributed by atoms with Gasteiger partial charge in [-0.3, -0.25) is 14.8 Å². The smallest absolute Gasteiger partial charge is 0.275 e. The molecule has 5 nitrogen and oxygen atoms in total. The van der Waals surface area contributed by atoms with Crippen molar-refractivity contribution in [1.82, 2.24) is 14.8 Å². The molecule has 0 spiro atoms. The Labute approximate surface area is 123 Å². The fourth-order valence-corrected chi connectivity index (χ4v) is 3.36. The summed E-state index contributed by atoms with van der Waals surface area (Å²) in [5, 5.41) is 11.4. The minimum atomic E-state index is -0.186. The van der Waals surface area contributed by atoms with Crippen molar-refractivity contribution in [3.05, 3.63) is 40.3 Å². The lowest BCUT2D eigenvalue weighted by Gasteiger charge is -2.03. The van der Waals surface area contributed by atoms with Gasteiger partial charge in [-0.1, -0.05) is 6.07 Å². The molecule has 7 heteroatoms. The molecule has 0 fully saturated rings. The van der Waals surface area contributed by atoms with E-state index < -0.39 is 0 Å². The maximum Gasteiger partial charge on any atom is 0.275 e. The van der Waals surface area contributed by atoms with Gasteiger partial charge in [-0.05, 0) is 23.9 Å². The van der Waals surface area contributed by atoms with E-state index in [9.17, 15) is 4.79 Å². The maximum absolute atomic E-state index is 12.2. The monoisotopic (exact) mass is 304 g/mol. The first-order valence-corrected chi connectivity index (χ1v) is 7.70. The number of aromatic nitrogens is 3. The van der Waals surface area contributed by atoms with E-state index in [-0.39, 0.29) is 5.91 Å². The molecule has 0 radical (unpaired) electrons. The van der Waals surface area contributed by atoms with Gasteiger partial charge in [-0.2, -0.15) is 5.10 Å². The molecule has 0 saturated carbocycles. The van der Waals surface area contributed by atoms with Crippen molar-refractivity contribution < 1.29 is 4.79 Å². The van der Waals surface area contributed by atoms with Crippen LogP contribution in [-0.2, 0) is 7.05 Å². The third-order valence-corrected chi connectivity index (χ3v) is 4.49. The average Bonchev–Trinajstić information content (AvgIpc) is 3.10. The Morgan fingerprint density at radius 3 is 2.90 bits per heavy atom. The number of amides is 1. The zero-order valence-electron chi connectivity index (χ0n) is 11.0. The number of carbonyl (C=O) groups excluding carboxylic acids is 1. The molecule has 3 aromatic heterocycles. The fourth-order valence-electron chi connectivity index (χ4n) is 1.90. The molecule has 20 heavy (non-hydrogen) atoms. The van der Waals surface area contributed by atoms with Crippen molar-refractivity contribution in [2.24, 2.45) is 7.05 Å². The minimum Gasteiger partial charge on any atom is -0.296 e. The second-order valence-corrected chi connectivity index (χ2v) is 6.07. The van der Waals surface area contributed by atoms with Crippen molar-refractivity contribution in [2.45, 2.75) is 6.92 Å². The van der Waals surface area contributed by atoms with Crippen molar-refractivity contribution in [2.75, 3.05) is 5.32 Å². The third-order valence-electron chi connectivity index (χ3n) is 2.84. The van der Waals surface area contributed by atoms with Gasteiger partial charge in [-0.25, -0.2) is 4.98 Å². The Bertz CT molecular complexity index is 723. The summed E-state index contributed by atoms with van der Waals surface area (Å²) in [6, 6.07) is 3.99. The van der Waals surface area contributed by atoms with E-state index in [1.54, 1.807) is 29.3 Å². The summed E-state index contributed by atoms with van der Waals surface area (Å²) < 4.78 is 1.57. The second kappa shape index (κ2) is 5.18. The van der Waals surface area contributed by atoms with Crippen LogP contribution in [0.2, 0.25) is 0 Å². The van der Waals surface area contributed by atoms with Crippen molar-refractivity contribution >= 4 is 33.7 Å². The number of thiophene rings is 1. The van der Waals surface area contributed by atoms with E-state index in [2.05, 4.69) is 15.4 Å². The van der Waals surface area contributed by atoms with E-state index in [4.69, 9.17) is 0 Å². The molecule has 3 heterocycles. The van der Waals surface area contributed by atoms with Crippen LogP contribution in [0, 0.1) is 6.92 Å². The first kappa shape index (κ1) is 13.0. The van der Waals surface area contributed by atoms with E-state index >= 15 is 0 Å². The molecule has 0 aliphatic rings. The number of anilines is 1. The Morgan fingerprint density at radius 1 is 1.40 bits per heavy atom. The highest BCUT2D eigenvalue weighted by molar-refractivity contribution is 7.16. The van der Waals surface area contributed by atoms with E-state index in [1.165, 1.54) is 11.3 Å². The second-order valence-electron chi connectivity index (χ2n) is 4.27. The lowest BCUT2D eigenvalue weighted by Crippen LogP contribution is -2.17. The van der Waals surface area contributed by atoms with Crippen molar-refractivity contribution in [3.63, 3.8) is 0 Å². The predicted molar refractivity (Wildman–Crippen MR) is 81.3 cm³/mol. The summed E-state index contributed by atoms with van der Waals surface area (Å²) in [6.45, 7) is 1.86. The predicted octanol–water partition coefficient (Wildman–Crippen LogP) is 3.17. The molecular weight excluding hydrogens is 292 g/mol. The molecule has 102 valence electrons. The van der Waals surface area contributed by atoms with Crippen LogP contribution in [0.3, 0.4) is 0 Å². The molecule has 3 rings (SSSR count). The van der Waals surface area contributed by atoms with E-state index in [0.29, 0.717) is 10.8 Å². The van der Waals surface area contributed by atoms with Gasteiger partial charge in [0.05, 0.1) is 16.8 Å².